The van der Waals surface area contributed by atoms with Crippen LogP contribution in [-0.4, -0.2) is 42.5 Å². The number of para-hydroxylation sites is 1. The SMILES string of the molecule is CC(NC(=O)C1=Cc2ccccc2OC1)C(=O)N1CCCCC1. The van der Waals surface area contributed by atoms with Gasteiger partial charge in [-0.3, -0.25) is 9.59 Å². The minimum Gasteiger partial charge on any atom is -0.488 e. The van der Waals surface area contributed by atoms with Crippen molar-refractivity contribution in [2.24, 2.45) is 0 Å². The number of carbonyl (C=O) groups excluding carboxylic acids is 2. The summed E-state index contributed by atoms with van der Waals surface area (Å²) in [6.45, 7) is 3.55. The highest BCUT2D eigenvalue weighted by molar-refractivity contribution is 6.01. The van der Waals surface area contributed by atoms with Crippen LogP contribution in [0.15, 0.2) is 29.8 Å². The Morgan fingerprint density at radius 3 is 2.70 bits per heavy atom. The van der Waals surface area contributed by atoms with E-state index in [2.05, 4.69) is 5.32 Å². The van der Waals surface area contributed by atoms with E-state index in [-0.39, 0.29) is 18.4 Å². The molecule has 2 aliphatic heterocycles. The largest absolute Gasteiger partial charge is 0.488 e. The van der Waals surface area contributed by atoms with Crippen LogP contribution in [-0.2, 0) is 9.59 Å². The van der Waals surface area contributed by atoms with E-state index in [1.54, 1.807) is 6.92 Å². The van der Waals surface area contributed by atoms with Crippen LogP contribution in [0.2, 0.25) is 0 Å². The molecule has 1 N–H and O–H groups in total. The van der Waals surface area contributed by atoms with Crippen LogP contribution in [0, 0.1) is 0 Å². The number of hydrogen-bond donors (Lipinski definition) is 1. The van der Waals surface area contributed by atoms with Gasteiger partial charge in [0.25, 0.3) is 5.91 Å². The quantitative estimate of drug-likeness (QED) is 0.928. The second-order valence-electron chi connectivity index (χ2n) is 6.08. The first-order valence-electron chi connectivity index (χ1n) is 8.17. The molecule has 5 heteroatoms. The summed E-state index contributed by atoms with van der Waals surface area (Å²) in [5.41, 5.74) is 1.43. The lowest BCUT2D eigenvalue weighted by atomic mass is 10.1. The first-order chi connectivity index (χ1) is 11.1. The zero-order valence-corrected chi connectivity index (χ0v) is 13.4. The zero-order valence-electron chi connectivity index (χ0n) is 13.4. The molecule has 1 atom stereocenters. The van der Waals surface area contributed by atoms with Gasteiger partial charge in [-0.15, -0.1) is 0 Å². The average Bonchev–Trinajstić information content (AvgIpc) is 2.61. The van der Waals surface area contributed by atoms with Crippen LogP contribution in [0.4, 0.5) is 0 Å². The summed E-state index contributed by atoms with van der Waals surface area (Å²) in [6, 6.07) is 7.07. The van der Waals surface area contributed by atoms with E-state index in [0.29, 0.717) is 5.57 Å². The summed E-state index contributed by atoms with van der Waals surface area (Å²) >= 11 is 0. The number of rotatable bonds is 3. The van der Waals surface area contributed by atoms with Crippen molar-refractivity contribution in [2.75, 3.05) is 19.7 Å². The zero-order chi connectivity index (χ0) is 16.2. The predicted octanol–water partition coefficient (Wildman–Crippen LogP) is 1.98. The first kappa shape index (κ1) is 15.6. The van der Waals surface area contributed by atoms with Gasteiger partial charge < -0.3 is 15.0 Å². The van der Waals surface area contributed by atoms with Crippen molar-refractivity contribution in [3.63, 3.8) is 0 Å². The van der Waals surface area contributed by atoms with E-state index in [0.717, 1.165) is 37.2 Å². The number of likely N-dealkylation sites (tertiary alicyclic amines) is 1. The van der Waals surface area contributed by atoms with Crippen LogP contribution < -0.4 is 10.1 Å². The number of nitrogens with one attached hydrogen (secondary N) is 1. The second-order valence-corrected chi connectivity index (χ2v) is 6.08. The number of ether oxygens (including phenoxy) is 1. The Kier molecular flexibility index (Phi) is 4.65. The lowest BCUT2D eigenvalue weighted by molar-refractivity contribution is -0.136. The van der Waals surface area contributed by atoms with Crippen LogP contribution in [0.25, 0.3) is 6.08 Å². The number of amides is 2. The van der Waals surface area contributed by atoms with E-state index in [4.69, 9.17) is 4.74 Å². The van der Waals surface area contributed by atoms with Crippen molar-refractivity contribution in [1.29, 1.82) is 0 Å². The highest BCUT2D eigenvalue weighted by Crippen LogP contribution is 2.25. The maximum Gasteiger partial charge on any atom is 0.251 e. The molecule has 2 heterocycles. The van der Waals surface area contributed by atoms with Gasteiger partial charge in [0.15, 0.2) is 0 Å². The van der Waals surface area contributed by atoms with Gasteiger partial charge in [0.05, 0.1) is 5.57 Å². The molecule has 1 fully saturated rings. The highest BCUT2D eigenvalue weighted by Gasteiger charge is 2.25. The van der Waals surface area contributed by atoms with Gasteiger partial charge in [-0.1, -0.05) is 18.2 Å². The summed E-state index contributed by atoms with van der Waals surface area (Å²) in [5, 5.41) is 2.80. The Labute approximate surface area is 136 Å². The standard InChI is InChI=1S/C18H22N2O3/c1-13(18(22)20-9-5-2-6-10-20)19-17(21)15-11-14-7-3-4-8-16(14)23-12-15/h3-4,7-8,11,13H,2,5-6,9-10,12H2,1H3,(H,19,21). The molecular formula is C18H22N2O3. The van der Waals surface area contributed by atoms with Crippen molar-refractivity contribution >= 4 is 17.9 Å². The summed E-state index contributed by atoms with van der Waals surface area (Å²) in [5.74, 6) is 0.537. The summed E-state index contributed by atoms with van der Waals surface area (Å²) in [4.78, 5) is 26.6. The lowest BCUT2D eigenvalue weighted by Gasteiger charge is -2.29. The number of nitrogens with zero attached hydrogens (tertiary/aromatic N) is 1. The monoisotopic (exact) mass is 314 g/mol. The van der Waals surface area contributed by atoms with Crippen LogP contribution in [0.1, 0.15) is 31.7 Å². The smallest absolute Gasteiger partial charge is 0.251 e. The van der Waals surface area contributed by atoms with Crippen molar-refractivity contribution < 1.29 is 14.3 Å². The minimum atomic E-state index is -0.515. The molecular weight excluding hydrogens is 292 g/mol. The normalized spacial score (nSPS) is 18.3. The van der Waals surface area contributed by atoms with Gasteiger partial charge in [-0.2, -0.15) is 0 Å². The lowest BCUT2D eigenvalue weighted by Crippen LogP contribution is -2.49. The molecule has 1 aromatic rings. The van der Waals surface area contributed by atoms with E-state index in [1.165, 1.54) is 6.42 Å². The fraction of sp³-hybridized carbons (Fsp3) is 0.444. The van der Waals surface area contributed by atoms with Gasteiger partial charge in [-0.25, -0.2) is 0 Å². The first-order valence-corrected chi connectivity index (χ1v) is 8.17. The van der Waals surface area contributed by atoms with Crippen LogP contribution >= 0.6 is 0 Å². The topological polar surface area (TPSA) is 58.6 Å². The third-order valence-electron chi connectivity index (χ3n) is 4.31. The summed E-state index contributed by atoms with van der Waals surface area (Å²) in [7, 11) is 0. The van der Waals surface area contributed by atoms with Gasteiger partial charge in [0.2, 0.25) is 5.91 Å². The molecule has 1 unspecified atom stereocenters. The van der Waals surface area contributed by atoms with Gasteiger partial charge in [0.1, 0.15) is 18.4 Å². The Morgan fingerprint density at radius 1 is 1.17 bits per heavy atom. The molecule has 122 valence electrons. The Hall–Kier alpha value is -2.30. The predicted molar refractivity (Wildman–Crippen MR) is 87.9 cm³/mol. The summed E-state index contributed by atoms with van der Waals surface area (Å²) < 4.78 is 5.59. The molecule has 0 saturated carbocycles. The minimum absolute atomic E-state index is 0.00391. The third kappa shape index (κ3) is 3.55. The van der Waals surface area contributed by atoms with Crippen LogP contribution in [0.5, 0.6) is 5.75 Å². The van der Waals surface area contributed by atoms with Crippen molar-refractivity contribution in [1.82, 2.24) is 10.2 Å². The number of fused-ring (bicyclic) bond motifs is 1. The molecule has 0 bridgehead atoms. The van der Waals surface area contributed by atoms with Crippen LogP contribution in [0.3, 0.4) is 0 Å². The molecule has 0 aliphatic carbocycles. The molecule has 0 aromatic heterocycles. The van der Waals surface area contributed by atoms with Crippen molar-refractivity contribution in [3.8, 4) is 5.75 Å². The number of hydrogen-bond acceptors (Lipinski definition) is 3. The number of benzene rings is 1. The molecule has 1 saturated heterocycles. The molecule has 2 aliphatic rings. The van der Waals surface area contributed by atoms with E-state index < -0.39 is 6.04 Å². The fourth-order valence-corrected chi connectivity index (χ4v) is 2.99. The van der Waals surface area contributed by atoms with Crippen molar-refractivity contribution in [2.45, 2.75) is 32.2 Å². The van der Waals surface area contributed by atoms with E-state index in [9.17, 15) is 9.59 Å². The third-order valence-corrected chi connectivity index (χ3v) is 4.31. The Balaban J connectivity index is 1.63. The van der Waals surface area contributed by atoms with Gasteiger partial charge >= 0.3 is 0 Å². The van der Waals surface area contributed by atoms with Crippen molar-refractivity contribution in [3.05, 3.63) is 35.4 Å². The summed E-state index contributed by atoms with van der Waals surface area (Å²) in [6.07, 6.45) is 5.09. The molecule has 5 nitrogen and oxygen atoms in total. The number of carbonyl (C=O) groups is 2. The molecule has 0 spiro atoms. The average molecular weight is 314 g/mol. The molecule has 3 rings (SSSR count). The Morgan fingerprint density at radius 2 is 1.91 bits per heavy atom. The van der Waals surface area contributed by atoms with E-state index >= 15 is 0 Å². The van der Waals surface area contributed by atoms with E-state index in [1.807, 2.05) is 35.2 Å². The molecule has 23 heavy (non-hydrogen) atoms. The Bertz CT molecular complexity index is 633. The van der Waals surface area contributed by atoms with Gasteiger partial charge in [0, 0.05) is 18.7 Å². The molecule has 1 aromatic carbocycles. The molecule has 0 radical (unpaired) electrons. The highest BCUT2D eigenvalue weighted by atomic mass is 16.5. The van der Waals surface area contributed by atoms with Gasteiger partial charge in [-0.05, 0) is 38.3 Å². The number of piperidine rings is 1. The molecule has 2 amide bonds. The maximum atomic E-state index is 12.4. The maximum absolute atomic E-state index is 12.4. The second kappa shape index (κ2) is 6.86. The fourth-order valence-electron chi connectivity index (χ4n) is 2.99.